The summed E-state index contributed by atoms with van der Waals surface area (Å²) in [7, 11) is 0. The second-order valence-electron chi connectivity index (χ2n) is 6.01. The van der Waals surface area contributed by atoms with Crippen LogP contribution in [-0.4, -0.2) is 24.3 Å². The van der Waals surface area contributed by atoms with Crippen LogP contribution < -0.4 is 0 Å². The van der Waals surface area contributed by atoms with E-state index in [1.807, 2.05) is 13.8 Å². The van der Waals surface area contributed by atoms with Crippen LogP contribution in [0.2, 0.25) is 0 Å². The first kappa shape index (κ1) is 14.1. The van der Waals surface area contributed by atoms with E-state index < -0.39 is 11.9 Å². The molecule has 2 rings (SSSR count). The molecule has 0 bridgehead atoms. The zero-order valence-corrected chi connectivity index (χ0v) is 12.1. The predicted molar refractivity (Wildman–Crippen MR) is 74.4 cm³/mol. The maximum atomic E-state index is 11.7. The standard InChI is InChI=1S/C16H22O3/c1-10(2)14(15(17)18)16(8-19-9-16)13-6-5-11(3)12(4)7-13/h5-7,10,14H,8-9H2,1-4H3,(H,17,18). The van der Waals surface area contributed by atoms with Crippen molar-refractivity contribution in [1.82, 2.24) is 0 Å². The molecule has 1 saturated heterocycles. The molecule has 0 aromatic heterocycles. The van der Waals surface area contributed by atoms with E-state index in [1.165, 1.54) is 11.1 Å². The fourth-order valence-corrected chi connectivity index (χ4v) is 3.06. The van der Waals surface area contributed by atoms with Crippen molar-refractivity contribution < 1.29 is 14.6 Å². The topological polar surface area (TPSA) is 46.5 Å². The number of benzene rings is 1. The molecule has 1 aliphatic rings. The van der Waals surface area contributed by atoms with Gasteiger partial charge in [0.2, 0.25) is 0 Å². The van der Waals surface area contributed by atoms with Crippen LogP contribution >= 0.6 is 0 Å². The molecule has 1 unspecified atom stereocenters. The highest BCUT2D eigenvalue weighted by Gasteiger charge is 2.51. The molecule has 1 atom stereocenters. The Kier molecular flexibility index (Phi) is 3.68. The normalized spacial score (nSPS) is 19.0. The Morgan fingerprint density at radius 1 is 1.26 bits per heavy atom. The molecular formula is C16H22O3. The Bertz CT molecular complexity index is 487. The van der Waals surface area contributed by atoms with E-state index in [-0.39, 0.29) is 11.3 Å². The minimum Gasteiger partial charge on any atom is -0.481 e. The van der Waals surface area contributed by atoms with E-state index in [0.29, 0.717) is 13.2 Å². The van der Waals surface area contributed by atoms with E-state index in [1.54, 1.807) is 0 Å². The van der Waals surface area contributed by atoms with Crippen molar-refractivity contribution in [1.29, 1.82) is 0 Å². The summed E-state index contributed by atoms with van der Waals surface area (Å²) in [6.45, 7) is 9.09. The molecule has 0 aliphatic carbocycles. The third kappa shape index (κ3) is 2.27. The van der Waals surface area contributed by atoms with E-state index in [2.05, 4.69) is 32.0 Å². The Balaban J connectivity index is 2.47. The van der Waals surface area contributed by atoms with Gasteiger partial charge in [0.15, 0.2) is 0 Å². The Morgan fingerprint density at radius 3 is 2.26 bits per heavy atom. The summed E-state index contributed by atoms with van der Waals surface area (Å²) in [5.74, 6) is -1.04. The molecule has 1 aromatic rings. The molecule has 0 saturated carbocycles. The SMILES string of the molecule is Cc1ccc(C2(C(C(=O)O)C(C)C)COC2)cc1C. The lowest BCUT2D eigenvalue weighted by atomic mass is 9.64. The van der Waals surface area contributed by atoms with Gasteiger partial charge in [0, 0.05) is 0 Å². The smallest absolute Gasteiger partial charge is 0.307 e. The van der Waals surface area contributed by atoms with Crippen molar-refractivity contribution in [2.45, 2.75) is 33.1 Å². The summed E-state index contributed by atoms with van der Waals surface area (Å²) < 4.78 is 5.38. The fourth-order valence-electron chi connectivity index (χ4n) is 3.06. The van der Waals surface area contributed by atoms with Gasteiger partial charge < -0.3 is 9.84 Å². The lowest BCUT2D eigenvalue weighted by Gasteiger charge is -2.47. The molecule has 19 heavy (non-hydrogen) atoms. The predicted octanol–water partition coefficient (Wildman–Crippen LogP) is 2.93. The van der Waals surface area contributed by atoms with Crippen molar-refractivity contribution in [3.8, 4) is 0 Å². The van der Waals surface area contributed by atoms with E-state index in [9.17, 15) is 9.90 Å². The zero-order valence-electron chi connectivity index (χ0n) is 12.1. The number of carbonyl (C=O) groups is 1. The molecule has 3 heteroatoms. The van der Waals surface area contributed by atoms with E-state index in [0.717, 1.165) is 5.56 Å². The molecule has 0 amide bonds. The van der Waals surface area contributed by atoms with E-state index in [4.69, 9.17) is 4.74 Å². The number of hydrogen-bond acceptors (Lipinski definition) is 2. The van der Waals surface area contributed by atoms with Crippen molar-refractivity contribution >= 4 is 5.97 Å². The van der Waals surface area contributed by atoms with Gasteiger partial charge >= 0.3 is 5.97 Å². The van der Waals surface area contributed by atoms with Gasteiger partial charge in [-0.15, -0.1) is 0 Å². The van der Waals surface area contributed by atoms with Crippen LogP contribution in [0.4, 0.5) is 0 Å². The third-order valence-electron chi connectivity index (χ3n) is 4.33. The summed E-state index contributed by atoms with van der Waals surface area (Å²) in [5.41, 5.74) is 3.17. The van der Waals surface area contributed by atoms with E-state index >= 15 is 0 Å². The Hall–Kier alpha value is -1.35. The largest absolute Gasteiger partial charge is 0.481 e. The van der Waals surface area contributed by atoms with Crippen LogP contribution in [0.5, 0.6) is 0 Å². The molecule has 0 radical (unpaired) electrons. The molecule has 104 valence electrons. The summed E-state index contributed by atoms with van der Waals surface area (Å²) in [4.78, 5) is 11.7. The molecule has 1 aromatic carbocycles. The quantitative estimate of drug-likeness (QED) is 0.907. The molecule has 1 fully saturated rings. The van der Waals surface area contributed by atoms with Crippen LogP contribution in [0.25, 0.3) is 0 Å². The summed E-state index contributed by atoms with van der Waals surface area (Å²) in [6.07, 6.45) is 0. The van der Waals surface area contributed by atoms with Crippen LogP contribution in [-0.2, 0) is 14.9 Å². The Labute approximate surface area is 114 Å². The number of carboxylic acid groups (broad SMARTS) is 1. The molecule has 1 N–H and O–H groups in total. The Morgan fingerprint density at radius 2 is 1.89 bits per heavy atom. The van der Waals surface area contributed by atoms with Gasteiger partial charge in [0.25, 0.3) is 0 Å². The fraction of sp³-hybridized carbons (Fsp3) is 0.562. The molecule has 1 aliphatic heterocycles. The molecular weight excluding hydrogens is 240 g/mol. The van der Waals surface area contributed by atoms with Crippen molar-refractivity contribution in [3.63, 3.8) is 0 Å². The highest BCUT2D eigenvalue weighted by molar-refractivity contribution is 5.73. The lowest BCUT2D eigenvalue weighted by molar-refractivity contribution is -0.161. The molecule has 0 spiro atoms. The zero-order chi connectivity index (χ0) is 14.2. The molecule has 3 nitrogen and oxygen atoms in total. The monoisotopic (exact) mass is 262 g/mol. The van der Waals surface area contributed by atoms with Gasteiger partial charge in [-0.2, -0.15) is 0 Å². The van der Waals surface area contributed by atoms with Gasteiger partial charge in [-0.25, -0.2) is 0 Å². The number of rotatable bonds is 4. The molecule has 1 heterocycles. The first-order chi connectivity index (χ1) is 8.88. The second-order valence-corrected chi connectivity index (χ2v) is 6.01. The van der Waals surface area contributed by atoms with Gasteiger partial charge in [-0.05, 0) is 36.5 Å². The van der Waals surface area contributed by atoms with Crippen LogP contribution in [0, 0.1) is 25.7 Å². The van der Waals surface area contributed by atoms with Crippen molar-refractivity contribution in [3.05, 3.63) is 34.9 Å². The van der Waals surface area contributed by atoms with Crippen molar-refractivity contribution in [2.24, 2.45) is 11.8 Å². The van der Waals surface area contributed by atoms with Gasteiger partial charge in [-0.1, -0.05) is 32.0 Å². The summed E-state index contributed by atoms with van der Waals surface area (Å²) in [5, 5.41) is 9.57. The summed E-state index contributed by atoms with van der Waals surface area (Å²) >= 11 is 0. The van der Waals surface area contributed by atoms with Gasteiger partial charge in [0.1, 0.15) is 0 Å². The van der Waals surface area contributed by atoms with Crippen molar-refractivity contribution in [2.75, 3.05) is 13.2 Å². The maximum Gasteiger partial charge on any atom is 0.307 e. The third-order valence-corrected chi connectivity index (χ3v) is 4.33. The average molecular weight is 262 g/mol. The number of hydrogen-bond donors (Lipinski definition) is 1. The minimum atomic E-state index is -0.725. The lowest BCUT2D eigenvalue weighted by Crippen LogP contribution is -2.56. The first-order valence-corrected chi connectivity index (χ1v) is 6.77. The van der Waals surface area contributed by atoms with Gasteiger partial charge in [-0.3, -0.25) is 4.79 Å². The van der Waals surface area contributed by atoms with Gasteiger partial charge in [0.05, 0.1) is 24.5 Å². The number of carboxylic acids is 1. The average Bonchev–Trinajstić information content (AvgIpc) is 2.26. The number of ether oxygens (including phenoxy) is 1. The minimum absolute atomic E-state index is 0.0861. The first-order valence-electron chi connectivity index (χ1n) is 6.77. The number of aliphatic carboxylic acids is 1. The van der Waals surface area contributed by atoms with Crippen LogP contribution in [0.3, 0.4) is 0 Å². The maximum absolute atomic E-state index is 11.7. The van der Waals surface area contributed by atoms with Crippen LogP contribution in [0.1, 0.15) is 30.5 Å². The summed E-state index contributed by atoms with van der Waals surface area (Å²) in [6, 6.07) is 6.25. The highest BCUT2D eigenvalue weighted by Crippen LogP contribution is 2.43. The highest BCUT2D eigenvalue weighted by atomic mass is 16.5. The number of aryl methyl sites for hydroxylation is 2. The second kappa shape index (κ2) is 4.97. The van der Waals surface area contributed by atoms with Crippen LogP contribution in [0.15, 0.2) is 18.2 Å².